The van der Waals surface area contributed by atoms with E-state index in [0.717, 1.165) is 0 Å². The summed E-state index contributed by atoms with van der Waals surface area (Å²) in [4.78, 5) is 13.3. The van der Waals surface area contributed by atoms with Gasteiger partial charge in [-0.3, -0.25) is 4.79 Å². The minimum atomic E-state index is -0.810. The third-order valence-corrected chi connectivity index (χ3v) is 1.55. The highest BCUT2D eigenvalue weighted by atomic mass is 16.1. The van der Waals surface area contributed by atoms with Crippen LogP contribution in [0.3, 0.4) is 0 Å². The van der Waals surface area contributed by atoms with Crippen LogP contribution in [0.1, 0.15) is 13.8 Å². The summed E-state index contributed by atoms with van der Waals surface area (Å²) in [6.45, 7) is 7.53. The van der Waals surface area contributed by atoms with E-state index >= 15 is 0 Å². The zero-order valence-corrected chi connectivity index (χ0v) is 8.35. The lowest BCUT2D eigenvalue weighted by Crippen LogP contribution is -2.52. The molecule has 3 nitrogen and oxygen atoms in total. The largest absolute Gasteiger partial charge is 0.318 e. The van der Waals surface area contributed by atoms with Crippen LogP contribution < -0.4 is 5.73 Å². The van der Waals surface area contributed by atoms with Crippen LogP contribution in [-0.2, 0) is 4.79 Å². The van der Waals surface area contributed by atoms with Gasteiger partial charge in [0.2, 0.25) is 0 Å². The van der Waals surface area contributed by atoms with E-state index in [-0.39, 0.29) is 5.78 Å². The first-order valence-corrected chi connectivity index (χ1v) is 3.91. The Morgan fingerprint density at radius 2 is 2.00 bits per heavy atom. The van der Waals surface area contributed by atoms with Gasteiger partial charge >= 0.3 is 0 Å². The van der Waals surface area contributed by atoms with Crippen LogP contribution >= 0.6 is 0 Å². The van der Waals surface area contributed by atoms with Crippen molar-refractivity contribution in [1.82, 2.24) is 4.90 Å². The summed E-state index contributed by atoms with van der Waals surface area (Å²) in [6, 6.07) is 0. The van der Waals surface area contributed by atoms with E-state index in [2.05, 4.69) is 6.58 Å². The second-order valence-electron chi connectivity index (χ2n) is 3.76. The molecule has 0 aromatic rings. The van der Waals surface area contributed by atoms with Gasteiger partial charge in [0.25, 0.3) is 0 Å². The fourth-order valence-corrected chi connectivity index (χ4v) is 1.22. The third kappa shape index (κ3) is 3.15. The molecule has 1 atom stereocenters. The Morgan fingerprint density at radius 1 is 1.58 bits per heavy atom. The molecule has 12 heavy (non-hydrogen) atoms. The van der Waals surface area contributed by atoms with Crippen molar-refractivity contribution in [1.29, 1.82) is 0 Å². The molecule has 2 N–H and O–H groups in total. The van der Waals surface area contributed by atoms with E-state index in [9.17, 15) is 4.79 Å². The molecule has 0 aliphatic carbocycles. The number of nitrogens with zero attached hydrogens (tertiary/aromatic N) is 1. The number of hydrogen-bond donors (Lipinski definition) is 1. The average Bonchev–Trinajstić information content (AvgIpc) is 1.82. The van der Waals surface area contributed by atoms with E-state index in [4.69, 9.17) is 5.73 Å². The lowest BCUT2D eigenvalue weighted by atomic mass is 9.93. The molecule has 0 amide bonds. The number of rotatable bonds is 4. The van der Waals surface area contributed by atoms with Gasteiger partial charge in [0.1, 0.15) is 0 Å². The van der Waals surface area contributed by atoms with Crippen LogP contribution in [0.25, 0.3) is 0 Å². The molecule has 0 saturated carbocycles. The first kappa shape index (κ1) is 11.3. The van der Waals surface area contributed by atoms with Crippen molar-refractivity contribution < 1.29 is 4.79 Å². The van der Waals surface area contributed by atoms with Crippen LogP contribution in [0.15, 0.2) is 12.2 Å². The molecule has 0 bridgehead atoms. The van der Waals surface area contributed by atoms with Gasteiger partial charge in [0.15, 0.2) is 5.78 Å². The summed E-state index contributed by atoms with van der Waals surface area (Å²) in [5.41, 5.74) is 5.52. The molecule has 0 spiro atoms. The zero-order chi connectivity index (χ0) is 9.94. The maximum atomic E-state index is 11.4. The monoisotopic (exact) mass is 170 g/mol. The van der Waals surface area contributed by atoms with Crippen LogP contribution in [0, 0.1) is 0 Å². The number of carbonyl (C=O) groups is 1. The van der Waals surface area contributed by atoms with Crippen molar-refractivity contribution >= 4 is 5.78 Å². The maximum Gasteiger partial charge on any atom is 0.178 e. The lowest BCUT2D eigenvalue weighted by molar-refractivity contribution is -0.120. The molecule has 0 saturated heterocycles. The Labute approximate surface area is 74.2 Å². The van der Waals surface area contributed by atoms with E-state index < -0.39 is 5.54 Å². The standard InChI is InChI=1S/C9H18N2O/c1-7(2)8(12)9(3,10)6-11(4)5/h1,6,10H2,2-5H3. The van der Waals surface area contributed by atoms with Gasteiger partial charge in [-0.1, -0.05) is 6.58 Å². The number of carbonyl (C=O) groups excluding carboxylic acids is 1. The quantitative estimate of drug-likeness (QED) is 0.622. The van der Waals surface area contributed by atoms with Gasteiger partial charge in [-0.15, -0.1) is 0 Å². The summed E-state index contributed by atoms with van der Waals surface area (Å²) in [5, 5.41) is 0. The zero-order valence-electron chi connectivity index (χ0n) is 8.35. The van der Waals surface area contributed by atoms with Gasteiger partial charge in [-0.25, -0.2) is 0 Å². The Bertz CT molecular complexity index is 195. The van der Waals surface area contributed by atoms with Crippen molar-refractivity contribution in [3.8, 4) is 0 Å². The highest BCUT2D eigenvalue weighted by molar-refractivity contribution is 6.01. The van der Waals surface area contributed by atoms with Crippen molar-refractivity contribution in [3.63, 3.8) is 0 Å². The normalized spacial score (nSPS) is 15.8. The molecule has 0 aliphatic rings. The van der Waals surface area contributed by atoms with Crippen LogP contribution in [-0.4, -0.2) is 36.9 Å². The molecule has 0 aromatic heterocycles. The second kappa shape index (κ2) is 3.83. The number of hydrogen-bond acceptors (Lipinski definition) is 3. The third-order valence-electron chi connectivity index (χ3n) is 1.55. The second-order valence-corrected chi connectivity index (χ2v) is 3.76. The van der Waals surface area contributed by atoms with Gasteiger partial charge in [0, 0.05) is 6.54 Å². The molecular formula is C9H18N2O. The minimum absolute atomic E-state index is 0.0730. The molecule has 0 radical (unpaired) electrons. The van der Waals surface area contributed by atoms with Crippen molar-refractivity contribution in [2.45, 2.75) is 19.4 Å². The number of nitrogens with two attached hydrogens (primary N) is 1. The molecule has 3 heteroatoms. The van der Waals surface area contributed by atoms with E-state index in [1.807, 2.05) is 19.0 Å². The summed E-state index contributed by atoms with van der Waals surface area (Å²) in [7, 11) is 3.77. The van der Waals surface area contributed by atoms with E-state index in [0.29, 0.717) is 12.1 Å². The Kier molecular flexibility index (Phi) is 3.61. The van der Waals surface area contributed by atoms with Crippen molar-refractivity contribution in [2.24, 2.45) is 5.73 Å². The lowest BCUT2D eigenvalue weighted by Gasteiger charge is -2.26. The average molecular weight is 170 g/mol. The van der Waals surface area contributed by atoms with Crippen LogP contribution in [0.5, 0.6) is 0 Å². The van der Waals surface area contributed by atoms with Crippen molar-refractivity contribution in [3.05, 3.63) is 12.2 Å². The van der Waals surface area contributed by atoms with Crippen LogP contribution in [0.2, 0.25) is 0 Å². The smallest absolute Gasteiger partial charge is 0.178 e. The van der Waals surface area contributed by atoms with Crippen LogP contribution in [0.4, 0.5) is 0 Å². The van der Waals surface area contributed by atoms with E-state index in [1.54, 1.807) is 13.8 Å². The van der Waals surface area contributed by atoms with Gasteiger partial charge in [-0.2, -0.15) is 0 Å². The van der Waals surface area contributed by atoms with E-state index in [1.165, 1.54) is 0 Å². The number of Topliss-reactive ketones (excluding diaryl/α,β-unsaturated/α-hetero) is 1. The molecule has 0 aromatic carbocycles. The minimum Gasteiger partial charge on any atom is -0.318 e. The number of likely N-dealkylation sites (N-methyl/N-ethyl adjacent to an activating group) is 1. The highest BCUT2D eigenvalue weighted by Gasteiger charge is 2.28. The SMILES string of the molecule is C=C(C)C(=O)C(C)(N)CN(C)C. The van der Waals surface area contributed by atoms with Gasteiger partial charge < -0.3 is 10.6 Å². The Morgan fingerprint density at radius 3 is 2.25 bits per heavy atom. The van der Waals surface area contributed by atoms with Gasteiger partial charge in [-0.05, 0) is 33.5 Å². The molecule has 0 fully saturated rings. The highest BCUT2D eigenvalue weighted by Crippen LogP contribution is 2.07. The fraction of sp³-hybridized carbons (Fsp3) is 0.667. The topological polar surface area (TPSA) is 46.3 Å². The molecular weight excluding hydrogens is 152 g/mol. The molecule has 0 heterocycles. The Balaban J connectivity index is 4.39. The summed E-state index contributed by atoms with van der Waals surface area (Å²) in [5.74, 6) is -0.0730. The molecule has 70 valence electrons. The predicted octanol–water partition coefficient (Wildman–Crippen LogP) is 0.411. The summed E-state index contributed by atoms with van der Waals surface area (Å²) < 4.78 is 0. The van der Waals surface area contributed by atoms with Crippen molar-refractivity contribution in [2.75, 3.05) is 20.6 Å². The maximum absolute atomic E-state index is 11.4. The first-order valence-electron chi connectivity index (χ1n) is 3.91. The molecule has 0 aliphatic heterocycles. The fourth-order valence-electron chi connectivity index (χ4n) is 1.22. The number of ketones is 1. The first-order chi connectivity index (χ1) is 5.27. The molecule has 1 unspecified atom stereocenters. The Hall–Kier alpha value is -0.670. The van der Waals surface area contributed by atoms with Gasteiger partial charge in [0.05, 0.1) is 5.54 Å². The molecule has 0 rings (SSSR count). The summed E-state index contributed by atoms with van der Waals surface area (Å²) >= 11 is 0. The predicted molar refractivity (Wildman–Crippen MR) is 51.0 cm³/mol. The summed E-state index contributed by atoms with van der Waals surface area (Å²) in [6.07, 6.45) is 0.